The molecular formula is C26H20Cl2F4N4O3. The first kappa shape index (κ1) is 26.1. The zero-order valence-corrected chi connectivity index (χ0v) is 21.9. The number of rotatable bonds is 4. The summed E-state index contributed by atoms with van der Waals surface area (Å²) in [6.45, 7) is 2.95. The number of likely N-dealkylation sites (tertiary alicyclic amines) is 1. The summed E-state index contributed by atoms with van der Waals surface area (Å²) in [7, 11) is 0. The fourth-order valence-electron chi connectivity index (χ4n) is 5.28. The van der Waals surface area contributed by atoms with E-state index in [9.17, 15) is 22.4 Å². The van der Waals surface area contributed by atoms with Crippen LogP contribution in [0.1, 0.15) is 34.4 Å². The second-order valence-corrected chi connectivity index (χ2v) is 10.8. The fraction of sp³-hybridized carbons (Fsp3) is 0.346. The third-order valence-electron chi connectivity index (χ3n) is 7.39. The minimum absolute atomic E-state index is 0.0626. The summed E-state index contributed by atoms with van der Waals surface area (Å²) in [6, 6.07) is 8.70. The van der Waals surface area contributed by atoms with E-state index in [0.717, 1.165) is 29.0 Å². The van der Waals surface area contributed by atoms with E-state index in [-0.39, 0.29) is 24.8 Å². The summed E-state index contributed by atoms with van der Waals surface area (Å²) in [5.74, 6) is -1.10. The number of ether oxygens (including phenoxy) is 1. The van der Waals surface area contributed by atoms with E-state index in [1.165, 1.54) is 0 Å². The number of fused-ring (bicyclic) bond motifs is 2. The Labute approximate surface area is 229 Å². The second-order valence-electron chi connectivity index (χ2n) is 9.94. The summed E-state index contributed by atoms with van der Waals surface area (Å²) in [4.78, 5) is 19.4. The molecule has 3 aliphatic heterocycles. The Bertz CT molecular complexity index is 1510. The normalized spacial score (nSPS) is 21.5. The van der Waals surface area contributed by atoms with Crippen molar-refractivity contribution >= 4 is 34.8 Å². The average Bonchev–Trinajstić information content (AvgIpc) is 3.57. The maximum atomic E-state index is 14.3. The van der Waals surface area contributed by atoms with Crippen LogP contribution in [0.2, 0.25) is 10.0 Å². The predicted octanol–water partition coefficient (Wildman–Crippen LogP) is 5.49. The van der Waals surface area contributed by atoms with Gasteiger partial charge in [-0.1, -0.05) is 40.5 Å². The molecule has 39 heavy (non-hydrogen) atoms. The number of carbonyl (C=O) groups is 1. The molecule has 0 aliphatic carbocycles. The third-order valence-corrected chi connectivity index (χ3v) is 7.94. The smallest absolute Gasteiger partial charge is 0.374 e. The van der Waals surface area contributed by atoms with Crippen LogP contribution in [0.5, 0.6) is 0 Å². The van der Waals surface area contributed by atoms with E-state index in [4.69, 9.17) is 32.8 Å². The predicted molar refractivity (Wildman–Crippen MR) is 133 cm³/mol. The van der Waals surface area contributed by atoms with Crippen molar-refractivity contribution in [2.45, 2.75) is 43.9 Å². The van der Waals surface area contributed by atoms with Crippen LogP contribution >= 0.6 is 23.2 Å². The molecule has 2 aromatic carbocycles. The Kier molecular flexibility index (Phi) is 5.98. The number of aromatic nitrogens is 2. The van der Waals surface area contributed by atoms with E-state index in [1.54, 1.807) is 34.0 Å². The summed E-state index contributed by atoms with van der Waals surface area (Å²) < 4.78 is 64.6. The topological polar surface area (TPSA) is 69.0 Å². The van der Waals surface area contributed by atoms with Crippen molar-refractivity contribution in [1.29, 1.82) is 0 Å². The van der Waals surface area contributed by atoms with Crippen molar-refractivity contribution in [3.63, 3.8) is 0 Å². The van der Waals surface area contributed by atoms with E-state index >= 15 is 0 Å². The van der Waals surface area contributed by atoms with Gasteiger partial charge >= 0.3 is 6.18 Å². The van der Waals surface area contributed by atoms with Crippen LogP contribution < -0.4 is 0 Å². The lowest BCUT2D eigenvalue weighted by Gasteiger charge is -2.47. The Morgan fingerprint density at radius 3 is 2.49 bits per heavy atom. The van der Waals surface area contributed by atoms with Crippen molar-refractivity contribution in [3.05, 3.63) is 86.4 Å². The fourth-order valence-corrected chi connectivity index (χ4v) is 5.76. The maximum absolute atomic E-state index is 14.3. The quantitative estimate of drug-likeness (QED) is 0.301. The molecule has 6 rings (SSSR count). The zero-order chi connectivity index (χ0) is 27.7. The number of aryl methyl sites for hydroxylation is 1. The standard InChI is InChI=1S/C26H20Cl2F4N4O3/c1-14-4-5-36(33-14)10-22(37)35-12-24(13-35)18-3-2-15(6-16(18)11-38-24)21-9-25(39-34-21,26(30,31)32)17-7-19(27)23(29)20(28)8-17/h2-8H,9-13H2,1H3. The molecule has 1 atom stereocenters. The van der Waals surface area contributed by atoms with Gasteiger partial charge in [-0.2, -0.15) is 18.3 Å². The molecule has 1 saturated heterocycles. The molecule has 0 saturated carbocycles. The second kappa shape index (κ2) is 8.94. The van der Waals surface area contributed by atoms with Crippen molar-refractivity contribution < 1.29 is 31.9 Å². The molecule has 3 aliphatic rings. The SMILES string of the molecule is Cc1ccn(CC(=O)N2CC3(C2)OCc2cc(C4=NOC(c5cc(Cl)c(F)c(Cl)c5)(C(F)(F)F)C4)ccc23)n1. The Balaban J connectivity index is 1.20. The van der Waals surface area contributed by atoms with Gasteiger partial charge < -0.3 is 14.5 Å². The van der Waals surface area contributed by atoms with Crippen molar-refractivity contribution in [2.75, 3.05) is 13.1 Å². The number of benzene rings is 2. The lowest BCUT2D eigenvalue weighted by atomic mass is 9.83. The van der Waals surface area contributed by atoms with Gasteiger partial charge in [0.05, 0.1) is 41.1 Å². The van der Waals surface area contributed by atoms with Gasteiger partial charge in [-0.05, 0) is 47.9 Å². The van der Waals surface area contributed by atoms with Crippen LogP contribution in [-0.2, 0) is 38.7 Å². The highest BCUT2D eigenvalue weighted by Crippen LogP contribution is 2.50. The number of hydrogen-bond acceptors (Lipinski definition) is 5. The summed E-state index contributed by atoms with van der Waals surface area (Å²) in [5.41, 5.74) is -0.989. The highest BCUT2D eigenvalue weighted by Gasteiger charge is 2.62. The Hall–Kier alpha value is -3.15. The number of hydrogen-bond donors (Lipinski definition) is 0. The first-order valence-corrected chi connectivity index (χ1v) is 12.7. The van der Waals surface area contributed by atoms with Gasteiger partial charge in [0.25, 0.3) is 5.60 Å². The van der Waals surface area contributed by atoms with Crippen molar-refractivity contribution in [3.8, 4) is 0 Å². The van der Waals surface area contributed by atoms with Gasteiger partial charge in [0.2, 0.25) is 5.91 Å². The molecule has 1 fully saturated rings. The van der Waals surface area contributed by atoms with Gasteiger partial charge in [-0.15, -0.1) is 0 Å². The Morgan fingerprint density at radius 2 is 1.85 bits per heavy atom. The van der Waals surface area contributed by atoms with E-state index in [0.29, 0.717) is 18.7 Å². The van der Waals surface area contributed by atoms with Gasteiger partial charge in [0.15, 0.2) is 5.82 Å². The van der Waals surface area contributed by atoms with Gasteiger partial charge in [-0.3, -0.25) is 9.48 Å². The Morgan fingerprint density at radius 1 is 1.13 bits per heavy atom. The molecular weight excluding hydrogens is 563 g/mol. The number of oxime groups is 1. The molecule has 1 amide bonds. The molecule has 0 N–H and O–H groups in total. The van der Waals surface area contributed by atoms with Crippen LogP contribution in [0.4, 0.5) is 17.6 Å². The monoisotopic (exact) mass is 582 g/mol. The van der Waals surface area contributed by atoms with Gasteiger partial charge in [0, 0.05) is 18.2 Å². The van der Waals surface area contributed by atoms with E-state index < -0.39 is 45.2 Å². The number of nitrogens with zero attached hydrogens (tertiary/aromatic N) is 4. The molecule has 1 unspecified atom stereocenters. The van der Waals surface area contributed by atoms with Crippen LogP contribution in [0.15, 0.2) is 47.8 Å². The van der Waals surface area contributed by atoms with Crippen molar-refractivity contribution in [2.24, 2.45) is 5.16 Å². The van der Waals surface area contributed by atoms with Gasteiger partial charge in [-0.25, -0.2) is 4.39 Å². The highest BCUT2D eigenvalue weighted by molar-refractivity contribution is 6.35. The first-order chi connectivity index (χ1) is 18.4. The molecule has 204 valence electrons. The van der Waals surface area contributed by atoms with Crippen LogP contribution in [0.3, 0.4) is 0 Å². The number of halogens is 6. The van der Waals surface area contributed by atoms with Crippen LogP contribution in [0.25, 0.3) is 0 Å². The molecule has 3 aromatic rings. The number of alkyl halides is 3. The molecule has 1 aromatic heterocycles. The molecule has 7 nitrogen and oxygen atoms in total. The summed E-state index contributed by atoms with van der Waals surface area (Å²) in [5, 5.41) is 6.91. The minimum Gasteiger partial charge on any atom is -0.374 e. The highest BCUT2D eigenvalue weighted by atomic mass is 35.5. The maximum Gasteiger partial charge on any atom is 0.435 e. The van der Waals surface area contributed by atoms with E-state index in [1.807, 2.05) is 13.0 Å². The third kappa shape index (κ3) is 4.18. The molecule has 1 spiro atoms. The summed E-state index contributed by atoms with van der Waals surface area (Å²) >= 11 is 11.6. The first-order valence-electron chi connectivity index (χ1n) is 11.9. The summed E-state index contributed by atoms with van der Waals surface area (Å²) in [6.07, 6.45) is -3.81. The lowest BCUT2D eigenvalue weighted by molar-refractivity contribution is -0.275. The average molecular weight is 583 g/mol. The van der Waals surface area contributed by atoms with Crippen LogP contribution in [-0.4, -0.2) is 45.6 Å². The lowest BCUT2D eigenvalue weighted by Crippen LogP contribution is -2.61. The van der Waals surface area contributed by atoms with Crippen molar-refractivity contribution in [1.82, 2.24) is 14.7 Å². The minimum atomic E-state index is -4.90. The number of amides is 1. The van der Waals surface area contributed by atoms with E-state index in [2.05, 4.69) is 10.3 Å². The number of carbonyl (C=O) groups excluding carboxylic acids is 1. The van der Waals surface area contributed by atoms with Gasteiger partial charge in [0.1, 0.15) is 12.1 Å². The zero-order valence-electron chi connectivity index (χ0n) is 20.4. The molecule has 4 heterocycles. The molecule has 0 radical (unpaired) electrons. The van der Waals surface area contributed by atoms with Crippen LogP contribution in [0, 0.1) is 12.7 Å². The largest absolute Gasteiger partial charge is 0.435 e. The molecule has 13 heteroatoms. The molecule has 0 bridgehead atoms.